The Morgan fingerprint density at radius 3 is 2.65 bits per heavy atom. The summed E-state index contributed by atoms with van der Waals surface area (Å²) in [5, 5.41) is 14.4. The molecule has 3 heterocycles. The van der Waals surface area contributed by atoms with E-state index in [-0.39, 0.29) is 18.2 Å². The van der Waals surface area contributed by atoms with Crippen LogP contribution in [-0.2, 0) is 11.3 Å². The Balaban J connectivity index is 1.81. The third-order valence-electron chi connectivity index (χ3n) is 4.24. The Labute approximate surface area is 172 Å². The lowest BCUT2D eigenvalue weighted by Gasteiger charge is -2.09. The van der Waals surface area contributed by atoms with Crippen molar-refractivity contribution in [1.82, 2.24) is 35.3 Å². The van der Waals surface area contributed by atoms with Crippen LogP contribution in [0.25, 0.3) is 28.1 Å². The number of benzene rings is 1. The van der Waals surface area contributed by atoms with Gasteiger partial charge in [-0.05, 0) is 36.4 Å². The lowest BCUT2D eigenvalue weighted by atomic mass is 10.1. The summed E-state index contributed by atoms with van der Waals surface area (Å²) < 4.78 is 42.7. The van der Waals surface area contributed by atoms with E-state index >= 15 is 0 Å². The van der Waals surface area contributed by atoms with E-state index in [4.69, 9.17) is 0 Å². The van der Waals surface area contributed by atoms with Crippen LogP contribution in [-0.4, -0.2) is 42.2 Å². The van der Waals surface area contributed by atoms with Gasteiger partial charge in [-0.25, -0.2) is 14.6 Å². The largest absolute Gasteiger partial charge is 0.573 e. The summed E-state index contributed by atoms with van der Waals surface area (Å²) in [5.41, 5.74) is 1.98. The topological polar surface area (TPSA) is 111 Å². The molecule has 0 spiro atoms. The molecule has 0 bridgehead atoms. The molecule has 31 heavy (non-hydrogen) atoms. The molecule has 0 saturated heterocycles. The van der Waals surface area contributed by atoms with Crippen molar-refractivity contribution in [3.05, 3.63) is 61.2 Å². The highest BCUT2D eigenvalue weighted by Crippen LogP contribution is 2.30. The number of aromatic nitrogens is 6. The number of fused-ring (bicyclic) bond motifs is 1. The minimum Gasteiger partial charge on any atom is -0.406 e. The molecule has 2 N–H and O–H groups in total. The lowest BCUT2D eigenvalue weighted by molar-refractivity contribution is -0.274. The molecule has 0 radical (unpaired) electrons. The van der Waals surface area contributed by atoms with E-state index in [1.165, 1.54) is 35.3 Å². The van der Waals surface area contributed by atoms with E-state index in [0.717, 1.165) is 6.08 Å². The zero-order valence-corrected chi connectivity index (χ0v) is 15.7. The molecular weight excluding hydrogens is 415 g/mol. The van der Waals surface area contributed by atoms with Gasteiger partial charge in [0.1, 0.15) is 12.1 Å². The average molecular weight is 429 g/mol. The molecule has 4 rings (SSSR count). The molecule has 0 atom stereocenters. The molecule has 158 valence electrons. The zero-order chi connectivity index (χ0) is 22.0. The maximum atomic E-state index is 12.4. The van der Waals surface area contributed by atoms with Crippen LogP contribution in [0.15, 0.2) is 55.5 Å². The Bertz CT molecular complexity index is 1230. The van der Waals surface area contributed by atoms with E-state index in [1.807, 2.05) is 0 Å². The summed E-state index contributed by atoms with van der Waals surface area (Å²) in [5.74, 6) is -0.278. The van der Waals surface area contributed by atoms with Crippen molar-refractivity contribution < 1.29 is 22.7 Å². The van der Waals surface area contributed by atoms with Gasteiger partial charge in [-0.1, -0.05) is 6.58 Å². The first-order chi connectivity index (χ1) is 14.9. The summed E-state index contributed by atoms with van der Waals surface area (Å²) in [7, 11) is 0. The van der Waals surface area contributed by atoms with Gasteiger partial charge in [-0.3, -0.25) is 9.89 Å². The van der Waals surface area contributed by atoms with Crippen LogP contribution in [0.4, 0.5) is 13.2 Å². The molecule has 9 nitrogen and oxygen atoms in total. The number of H-pyrrole nitrogens is 1. The van der Waals surface area contributed by atoms with Crippen LogP contribution in [0.3, 0.4) is 0 Å². The Kier molecular flexibility index (Phi) is 5.11. The predicted molar refractivity (Wildman–Crippen MR) is 103 cm³/mol. The van der Waals surface area contributed by atoms with Gasteiger partial charge in [0.2, 0.25) is 5.91 Å². The first kappa shape index (κ1) is 20.1. The van der Waals surface area contributed by atoms with E-state index in [9.17, 15) is 18.0 Å². The van der Waals surface area contributed by atoms with Crippen molar-refractivity contribution in [2.45, 2.75) is 12.9 Å². The molecule has 0 aliphatic rings. The summed E-state index contributed by atoms with van der Waals surface area (Å²) in [6.07, 6.45) is -0.756. The quantitative estimate of drug-likeness (QED) is 0.456. The molecule has 0 aliphatic heterocycles. The van der Waals surface area contributed by atoms with Crippen LogP contribution < -0.4 is 10.1 Å². The van der Waals surface area contributed by atoms with E-state index in [2.05, 4.69) is 41.9 Å². The van der Waals surface area contributed by atoms with Crippen molar-refractivity contribution in [3.8, 4) is 22.8 Å². The third-order valence-corrected chi connectivity index (χ3v) is 4.24. The predicted octanol–water partition coefficient (Wildman–Crippen LogP) is 2.91. The zero-order valence-electron chi connectivity index (χ0n) is 15.7. The SMILES string of the molecule is C=CC(=O)NCc1nn(-c2ccc(OC(F)(F)F)cc2)c2nccc(-c3ncn[nH]3)c12. The Hall–Kier alpha value is -4.22. The summed E-state index contributed by atoms with van der Waals surface area (Å²) in [6, 6.07) is 6.91. The number of pyridine rings is 1. The van der Waals surface area contributed by atoms with Gasteiger partial charge < -0.3 is 10.1 Å². The first-order valence-corrected chi connectivity index (χ1v) is 8.84. The smallest absolute Gasteiger partial charge is 0.406 e. The van der Waals surface area contributed by atoms with Gasteiger partial charge in [0.05, 0.1) is 23.3 Å². The van der Waals surface area contributed by atoms with Crippen molar-refractivity contribution in [1.29, 1.82) is 0 Å². The van der Waals surface area contributed by atoms with Gasteiger partial charge in [0, 0.05) is 11.8 Å². The fraction of sp³-hybridized carbons (Fsp3) is 0.105. The van der Waals surface area contributed by atoms with Gasteiger partial charge in [-0.2, -0.15) is 10.2 Å². The average Bonchev–Trinajstić information content (AvgIpc) is 3.40. The van der Waals surface area contributed by atoms with Crippen LogP contribution in [0.1, 0.15) is 5.69 Å². The molecule has 4 aromatic rings. The molecule has 12 heteroatoms. The molecule has 1 aromatic carbocycles. The molecule has 3 aromatic heterocycles. The number of amides is 1. The molecule has 0 fully saturated rings. The van der Waals surface area contributed by atoms with Gasteiger partial charge in [-0.15, -0.1) is 13.2 Å². The molecule has 1 amide bonds. The number of nitrogens with one attached hydrogen (secondary N) is 2. The van der Waals surface area contributed by atoms with Gasteiger partial charge in [0.15, 0.2) is 11.5 Å². The molecule has 0 unspecified atom stereocenters. The summed E-state index contributed by atoms with van der Waals surface area (Å²) in [6.45, 7) is 3.48. The van der Waals surface area contributed by atoms with Crippen LogP contribution >= 0.6 is 0 Å². The number of nitrogens with zero attached hydrogens (tertiary/aromatic N) is 5. The number of carbonyl (C=O) groups excluding carboxylic acids is 1. The second-order valence-corrected chi connectivity index (χ2v) is 6.21. The standard InChI is InChI=1S/C19H14F3N7O2/c1-2-15(30)24-9-14-16-13(17-25-10-26-27-17)7-8-23-18(16)29(28-14)11-3-5-12(6-4-11)31-19(20,21)22/h2-8,10H,1,9H2,(H,24,30)(H,25,26,27). The second-order valence-electron chi connectivity index (χ2n) is 6.21. The monoisotopic (exact) mass is 429 g/mol. The number of ether oxygens (including phenoxy) is 1. The van der Waals surface area contributed by atoms with E-state index in [0.29, 0.717) is 33.8 Å². The van der Waals surface area contributed by atoms with E-state index < -0.39 is 6.36 Å². The number of alkyl halides is 3. The van der Waals surface area contributed by atoms with Crippen LogP contribution in [0, 0.1) is 0 Å². The van der Waals surface area contributed by atoms with Gasteiger partial charge >= 0.3 is 6.36 Å². The highest BCUT2D eigenvalue weighted by molar-refractivity contribution is 5.94. The maximum absolute atomic E-state index is 12.4. The number of hydrogen-bond donors (Lipinski definition) is 2. The Morgan fingerprint density at radius 1 is 1.23 bits per heavy atom. The van der Waals surface area contributed by atoms with Crippen molar-refractivity contribution in [3.63, 3.8) is 0 Å². The third kappa shape index (κ3) is 4.22. The van der Waals surface area contributed by atoms with E-state index in [1.54, 1.807) is 12.3 Å². The molecular formula is C19H14F3N7O2. The minimum absolute atomic E-state index is 0.0659. The van der Waals surface area contributed by atoms with Crippen LogP contribution in [0.5, 0.6) is 5.75 Å². The molecule has 0 aliphatic carbocycles. The van der Waals surface area contributed by atoms with Crippen molar-refractivity contribution in [2.75, 3.05) is 0 Å². The van der Waals surface area contributed by atoms with Crippen LogP contribution in [0.2, 0.25) is 0 Å². The number of hydrogen-bond acceptors (Lipinski definition) is 6. The normalized spacial score (nSPS) is 11.5. The number of rotatable bonds is 6. The Morgan fingerprint density at radius 2 is 2.00 bits per heavy atom. The number of aromatic amines is 1. The lowest BCUT2D eigenvalue weighted by Crippen LogP contribution is -2.20. The minimum atomic E-state index is -4.79. The summed E-state index contributed by atoms with van der Waals surface area (Å²) in [4.78, 5) is 20.2. The summed E-state index contributed by atoms with van der Waals surface area (Å²) >= 11 is 0. The van der Waals surface area contributed by atoms with Crippen molar-refractivity contribution in [2.24, 2.45) is 0 Å². The number of carbonyl (C=O) groups is 1. The first-order valence-electron chi connectivity index (χ1n) is 8.84. The fourth-order valence-corrected chi connectivity index (χ4v) is 2.98. The second kappa shape index (κ2) is 7.89. The van der Waals surface area contributed by atoms with Crippen molar-refractivity contribution >= 4 is 16.9 Å². The maximum Gasteiger partial charge on any atom is 0.573 e. The van der Waals surface area contributed by atoms with Gasteiger partial charge in [0.25, 0.3) is 0 Å². The highest BCUT2D eigenvalue weighted by Gasteiger charge is 2.31. The fourth-order valence-electron chi connectivity index (χ4n) is 2.98. The molecule has 0 saturated carbocycles. The highest BCUT2D eigenvalue weighted by atomic mass is 19.4. The number of halogens is 3.